The number of aromatic carboxylic acids is 1. The summed E-state index contributed by atoms with van der Waals surface area (Å²) in [5.41, 5.74) is 0.843. The number of hydrogen-bond donors (Lipinski definition) is 2. The first kappa shape index (κ1) is 14.4. The van der Waals surface area contributed by atoms with Crippen LogP contribution in [-0.2, 0) is 4.74 Å². The highest BCUT2D eigenvalue weighted by Gasteiger charge is 2.04. The van der Waals surface area contributed by atoms with E-state index < -0.39 is 5.97 Å². The summed E-state index contributed by atoms with van der Waals surface area (Å²) in [5.74, 6) is -1.01. The maximum absolute atomic E-state index is 10.7. The van der Waals surface area contributed by atoms with E-state index in [4.69, 9.17) is 9.84 Å². The largest absolute Gasteiger partial charge is 0.477 e. The van der Waals surface area contributed by atoms with E-state index in [1.165, 1.54) is 12.3 Å². The molecule has 0 aliphatic carbocycles. The molecule has 2 N–H and O–H groups in total. The fourth-order valence-corrected chi connectivity index (χ4v) is 1.44. The fourth-order valence-electron chi connectivity index (χ4n) is 1.44. The van der Waals surface area contributed by atoms with E-state index in [1.807, 2.05) is 13.8 Å². The van der Waals surface area contributed by atoms with Crippen LogP contribution in [0.3, 0.4) is 0 Å². The van der Waals surface area contributed by atoms with E-state index in [-0.39, 0.29) is 11.8 Å². The monoisotopic (exact) mass is 252 g/mol. The number of nitrogens with zero attached hydrogens (tertiary/aromatic N) is 1. The average Bonchev–Trinajstić information content (AvgIpc) is 2.33. The third-order valence-electron chi connectivity index (χ3n) is 2.33. The van der Waals surface area contributed by atoms with Crippen LogP contribution in [0.4, 0.5) is 5.69 Å². The molecule has 1 aromatic rings. The number of aromatic nitrogens is 1. The van der Waals surface area contributed by atoms with Crippen molar-refractivity contribution in [2.75, 3.05) is 18.5 Å². The SMILES string of the molecule is CC(C)OCCCCNc1ccnc(C(=O)O)c1. The first-order valence-corrected chi connectivity index (χ1v) is 6.14. The topological polar surface area (TPSA) is 71.5 Å². The van der Waals surface area contributed by atoms with Crippen molar-refractivity contribution in [1.82, 2.24) is 4.98 Å². The number of hydrogen-bond acceptors (Lipinski definition) is 4. The molecule has 0 spiro atoms. The quantitative estimate of drug-likeness (QED) is 0.695. The van der Waals surface area contributed by atoms with Gasteiger partial charge in [0, 0.05) is 25.0 Å². The normalized spacial score (nSPS) is 10.6. The van der Waals surface area contributed by atoms with Gasteiger partial charge in [0.15, 0.2) is 0 Å². The van der Waals surface area contributed by atoms with Crippen LogP contribution in [0.25, 0.3) is 0 Å². The van der Waals surface area contributed by atoms with Crippen molar-refractivity contribution < 1.29 is 14.6 Å². The molecule has 1 rings (SSSR count). The van der Waals surface area contributed by atoms with Gasteiger partial charge in [0.25, 0.3) is 0 Å². The van der Waals surface area contributed by atoms with E-state index >= 15 is 0 Å². The lowest BCUT2D eigenvalue weighted by atomic mass is 10.3. The predicted octanol–water partition coefficient (Wildman–Crippen LogP) is 2.40. The molecule has 0 amide bonds. The summed E-state index contributed by atoms with van der Waals surface area (Å²) in [5, 5.41) is 12.0. The second-order valence-electron chi connectivity index (χ2n) is 4.29. The maximum Gasteiger partial charge on any atom is 0.354 e. The van der Waals surface area contributed by atoms with Gasteiger partial charge in [-0.1, -0.05) is 0 Å². The van der Waals surface area contributed by atoms with Crippen molar-refractivity contribution in [1.29, 1.82) is 0 Å². The number of carboxylic acid groups (broad SMARTS) is 1. The summed E-state index contributed by atoms with van der Waals surface area (Å²) in [4.78, 5) is 14.5. The van der Waals surface area contributed by atoms with Crippen molar-refractivity contribution in [3.8, 4) is 0 Å². The van der Waals surface area contributed by atoms with Crippen molar-refractivity contribution in [2.24, 2.45) is 0 Å². The number of nitrogens with one attached hydrogen (secondary N) is 1. The number of unbranched alkanes of at least 4 members (excludes halogenated alkanes) is 1. The minimum Gasteiger partial charge on any atom is -0.477 e. The summed E-state index contributed by atoms with van der Waals surface area (Å²) in [7, 11) is 0. The zero-order valence-electron chi connectivity index (χ0n) is 10.8. The maximum atomic E-state index is 10.7. The average molecular weight is 252 g/mol. The number of pyridine rings is 1. The van der Waals surface area contributed by atoms with E-state index in [2.05, 4.69) is 10.3 Å². The van der Waals surface area contributed by atoms with Gasteiger partial charge in [0.2, 0.25) is 0 Å². The number of rotatable bonds is 8. The molecule has 5 nitrogen and oxygen atoms in total. The van der Waals surface area contributed by atoms with Crippen LogP contribution in [0.2, 0.25) is 0 Å². The van der Waals surface area contributed by atoms with Crippen LogP contribution >= 0.6 is 0 Å². The molecule has 0 aliphatic heterocycles. The summed E-state index contributed by atoms with van der Waals surface area (Å²) < 4.78 is 5.43. The molecule has 0 saturated carbocycles. The van der Waals surface area contributed by atoms with Crippen molar-refractivity contribution in [3.05, 3.63) is 24.0 Å². The van der Waals surface area contributed by atoms with Crippen LogP contribution in [0.1, 0.15) is 37.2 Å². The molecule has 0 radical (unpaired) electrons. The molecule has 1 aromatic heterocycles. The van der Waals surface area contributed by atoms with Crippen molar-refractivity contribution >= 4 is 11.7 Å². The Hall–Kier alpha value is -1.62. The summed E-state index contributed by atoms with van der Waals surface area (Å²) >= 11 is 0. The molecule has 0 bridgehead atoms. The van der Waals surface area contributed by atoms with E-state index in [0.29, 0.717) is 0 Å². The molecule has 5 heteroatoms. The Labute approximate surface area is 107 Å². The van der Waals surface area contributed by atoms with Crippen LogP contribution < -0.4 is 5.32 Å². The van der Waals surface area contributed by atoms with Gasteiger partial charge in [-0.2, -0.15) is 0 Å². The van der Waals surface area contributed by atoms with E-state index in [0.717, 1.165) is 31.7 Å². The van der Waals surface area contributed by atoms with E-state index in [1.54, 1.807) is 6.07 Å². The molecule has 18 heavy (non-hydrogen) atoms. The second-order valence-corrected chi connectivity index (χ2v) is 4.29. The van der Waals surface area contributed by atoms with Crippen LogP contribution in [0.5, 0.6) is 0 Å². The summed E-state index contributed by atoms with van der Waals surface area (Å²) in [6.45, 7) is 5.59. The Balaban J connectivity index is 2.23. The second kappa shape index (κ2) is 7.66. The lowest BCUT2D eigenvalue weighted by molar-refractivity contribution is 0.0690. The molecule has 0 aliphatic rings. The van der Waals surface area contributed by atoms with Gasteiger partial charge in [-0.05, 0) is 38.8 Å². The molecule has 0 aromatic carbocycles. The number of anilines is 1. The first-order valence-electron chi connectivity index (χ1n) is 6.14. The third kappa shape index (κ3) is 5.63. The van der Waals surface area contributed by atoms with Crippen LogP contribution in [0.15, 0.2) is 18.3 Å². The molecule has 0 atom stereocenters. The standard InChI is InChI=1S/C13H20N2O3/c1-10(2)18-8-4-3-6-14-11-5-7-15-12(9-11)13(16)17/h5,7,9-10H,3-4,6,8H2,1-2H3,(H,14,15)(H,16,17). The highest BCUT2D eigenvalue weighted by atomic mass is 16.5. The summed E-state index contributed by atoms with van der Waals surface area (Å²) in [6.07, 6.45) is 3.74. The minimum atomic E-state index is -1.01. The highest BCUT2D eigenvalue weighted by molar-refractivity contribution is 5.86. The van der Waals surface area contributed by atoms with Gasteiger partial charge < -0.3 is 15.2 Å². The Morgan fingerprint density at radius 2 is 2.28 bits per heavy atom. The predicted molar refractivity (Wildman–Crippen MR) is 70.0 cm³/mol. The van der Waals surface area contributed by atoms with Crippen molar-refractivity contribution in [2.45, 2.75) is 32.8 Å². The van der Waals surface area contributed by atoms with Gasteiger partial charge >= 0.3 is 5.97 Å². The molecular formula is C13H20N2O3. The smallest absolute Gasteiger partial charge is 0.354 e. The molecule has 0 unspecified atom stereocenters. The molecule has 100 valence electrons. The minimum absolute atomic E-state index is 0.0585. The van der Waals surface area contributed by atoms with Crippen molar-refractivity contribution in [3.63, 3.8) is 0 Å². The highest BCUT2D eigenvalue weighted by Crippen LogP contribution is 2.08. The van der Waals surface area contributed by atoms with Gasteiger partial charge in [0.1, 0.15) is 5.69 Å². The number of carboxylic acids is 1. The van der Waals surface area contributed by atoms with Gasteiger partial charge in [0.05, 0.1) is 6.10 Å². The fraction of sp³-hybridized carbons (Fsp3) is 0.538. The Bertz CT molecular complexity index is 380. The lowest BCUT2D eigenvalue weighted by Crippen LogP contribution is -2.08. The van der Waals surface area contributed by atoms with Gasteiger partial charge in [-0.15, -0.1) is 0 Å². The van der Waals surface area contributed by atoms with Gasteiger partial charge in [-0.25, -0.2) is 9.78 Å². The van der Waals surface area contributed by atoms with E-state index in [9.17, 15) is 4.79 Å². The Morgan fingerprint density at radius 3 is 2.94 bits per heavy atom. The number of ether oxygens (including phenoxy) is 1. The Kier molecular flexibility index (Phi) is 6.14. The zero-order chi connectivity index (χ0) is 13.4. The molecule has 0 fully saturated rings. The van der Waals surface area contributed by atoms with Crippen LogP contribution in [-0.4, -0.2) is 35.3 Å². The first-order chi connectivity index (χ1) is 8.59. The van der Waals surface area contributed by atoms with Crippen LogP contribution in [0, 0.1) is 0 Å². The zero-order valence-corrected chi connectivity index (χ0v) is 10.8. The molecule has 0 saturated heterocycles. The third-order valence-corrected chi connectivity index (χ3v) is 2.33. The number of carbonyl (C=O) groups is 1. The lowest BCUT2D eigenvalue weighted by Gasteiger charge is -2.08. The van der Waals surface area contributed by atoms with Gasteiger partial charge in [-0.3, -0.25) is 0 Å². The summed E-state index contributed by atoms with van der Waals surface area (Å²) in [6, 6.07) is 3.30. The molecule has 1 heterocycles. The Morgan fingerprint density at radius 1 is 1.50 bits per heavy atom. The molecular weight excluding hydrogens is 232 g/mol.